The van der Waals surface area contributed by atoms with Crippen LogP contribution in [0.3, 0.4) is 0 Å². The molecule has 0 aromatic rings. The lowest BCUT2D eigenvalue weighted by atomic mass is 9.99. The fourth-order valence-electron chi connectivity index (χ4n) is 0.597. The standard InChI is InChI=1S/C10H17NS2/c1-7(2)9(12)13-10(5,6-11)8(3)4/h7-8H,1-5H3. The van der Waals surface area contributed by atoms with Gasteiger partial charge in [0, 0.05) is 0 Å². The molecule has 0 saturated carbocycles. The Morgan fingerprint density at radius 1 is 1.38 bits per heavy atom. The fourth-order valence-corrected chi connectivity index (χ4v) is 2.05. The van der Waals surface area contributed by atoms with Gasteiger partial charge in [-0.05, 0) is 18.8 Å². The lowest BCUT2D eigenvalue weighted by Gasteiger charge is -2.26. The molecule has 0 aromatic carbocycles. The summed E-state index contributed by atoms with van der Waals surface area (Å²) in [5.41, 5.74) is 0. The zero-order chi connectivity index (χ0) is 10.6. The van der Waals surface area contributed by atoms with Crippen LogP contribution in [0.4, 0.5) is 0 Å². The summed E-state index contributed by atoms with van der Waals surface area (Å²) in [7, 11) is 0. The van der Waals surface area contributed by atoms with Gasteiger partial charge < -0.3 is 0 Å². The van der Waals surface area contributed by atoms with E-state index in [9.17, 15) is 0 Å². The monoisotopic (exact) mass is 215 g/mol. The maximum Gasteiger partial charge on any atom is 0.107 e. The van der Waals surface area contributed by atoms with Crippen LogP contribution in [-0.4, -0.2) is 8.94 Å². The van der Waals surface area contributed by atoms with Crippen LogP contribution in [-0.2, 0) is 0 Å². The van der Waals surface area contributed by atoms with Crippen molar-refractivity contribution >= 4 is 28.2 Å². The summed E-state index contributed by atoms with van der Waals surface area (Å²) in [6, 6.07) is 2.34. The van der Waals surface area contributed by atoms with Gasteiger partial charge in [-0.3, -0.25) is 0 Å². The van der Waals surface area contributed by atoms with E-state index in [4.69, 9.17) is 17.5 Å². The average molecular weight is 215 g/mol. The van der Waals surface area contributed by atoms with E-state index in [-0.39, 0.29) is 4.75 Å². The molecule has 0 aliphatic rings. The molecule has 0 aromatic heterocycles. The van der Waals surface area contributed by atoms with Gasteiger partial charge in [-0.1, -0.05) is 51.7 Å². The Hall–Kier alpha value is -0.0700. The summed E-state index contributed by atoms with van der Waals surface area (Å²) in [6.45, 7) is 10.2. The molecule has 0 heterocycles. The van der Waals surface area contributed by atoms with Gasteiger partial charge >= 0.3 is 0 Å². The van der Waals surface area contributed by atoms with Crippen LogP contribution in [0, 0.1) is 23.2 Å². The van der Waals surface area contributed by atoms with Crippen molar-refractivity contribution in [2.75, 3.05) is 0 Å². The molecule has 0 aliphatic heterocycles. The highest BCUT2D eigenvalue weighted by atomic mass is 32.2. The molecule has 1 atom stereocenters. The van der Waals surface area contributed by atoms with Crippen LogP contribution in [0.2, 0.25) is 0 Å². The second-order valence-electron chi connectivity index (χ2n) is 3.95. The molecule has 0 bridgehead atoms. The highest BCUT2D eigenvalue weighted by Gasteiger charge is 2.30. The number of nitrogens with zero attached hydrogens (tertiary/aromatic N) is 1. The van der Waals surface area contributed by atoms with Gasteiger partial charge in [0.15, 0.2) is 0 Å². The molecule has 0 amide bonds. The van der Waals surface area contributed by atoms with Gasteiger partial charge in [0.05, 0.1) is 10.3 Å². The maximum atomic E-state index is 9.06. The molecule has 3 heteroatoms. The molecule has 0 rings (SSSR count). The second kappa shape index (κ2) is 4.97. The molecule has 0 fully saturated rings. The van der Waals surface area contributed by atoms with Crippen molar-refractivity contribution < 1.29 is 0 Å². The number of hydrogen-bond donors (Lipinski definition) is 0. The Kier molecular flexibility index (Phi) is 4.95. The molecule has 74 valence electrons. The van der Waals surface area contributed by atoms with Crippen molar-refractivity contribution in [3.8, 4) is 6.07 Å². The third-order valence-corrected chi connectivity index (χ3v) is 4.49. The minimum Gasteiger partial charge on any atom is -0.197 e. The zero-order valence-corrected chi connectivity index (χ0v) is 10.6. The predicted octanol–water partition coefficient (Wildman–Crippen LogP) is 3.64. The van der Waals surface area contributed by atoms with E-state index in [1.54, 1.807) is 0 Å². The summed E-state index contributed by atoms with van der Waals surface area (Å²) in [5, 5.41) is 9.06. The molecule has 0 radical (unpaired) electrons. The third kappa shape index (κ3) is 3.66. The Morgan fingerprint density at radius 3 is 2.08 bits per heavy atom. The number of thioether (sulfide) groups is 1. The summed E-state index contributed by atoms with van der Waals surface area (Å²) in [6.07, 6.45) is 0. The first-order valence-electron chi connectivity index (χ1n) is 4.47. The van der Waals surface area contributed by atoms with Crippen molar-refractivity contribution in [3.05, 3.63) is 0 Å². The summed E-state index contributed by atoms with van der Waals surface area (Å²) in [5.74, 6) is 0.686. The quantitative estimate of drug-likeness (QED) is 0.672. The van der Waals surface area contributed by atoms with Gasteiger partial charge in [0.25, 0.3) is 0 Å². The molecule has 0 N–H and O–H groups in total. The van der Waals surface area contributed by atoms with Crippen LogP contribution in [0.5, 0.6) is 0 Å². The first kappa shape index (κ1) is 12.9. The summed E-state index contributed by atoms with van der Waals surface area (Å²) < 4.78 is 0.555. The molecular weight excluding hydrogens is 198 g/mol. The number of thiocarbonyl (C=S) groups is 1. The normalized spacial score (nSPS) is 15.5. The van der Waals surface area contributed by atoms with E-state index in [2.05, 4.69) is 33.8 Å². The van der Waals surface area contributed by atoms with Crippen LogP contribution >= 0.6 is 24.0 Å². The Morgan fingerprint density at radius 2 is 1.85 bits per heavy atom. The van der Waals surface area contributed by atoms with Crippen molar-refractivity contribution in [1.82, 2.24) is 0 Å². The zero-order valence-electron chi connectivity index (χ0n) is 8.92. The maximum absolute atomic E-state index is 9.06. The van der Waals surface area contributed by atoms with E-state index >= 15 is 0 Å². The SMILES string of the molecule is CC(C)C(=S)SC(C)(C#N)C(C)C. The Labute approximate surface area is 90.9 Å². The van der Waals surface area contributed by atoms with Crippen molar-refractivity contribution in [3.63, 3.8) is 0 Å². The lowest BCUT2D eigenvalue weighted by Crippen LogP contribution is -2.27. The first-order valence-corrected chi connectivity index (χ1v) is 5.70. The molecule has 1 nitrogen and oxygen atoms in total. The fraction of sp³-hybridized carbons (Fsp3) is 0.800. The van der Waals surface area contributed by atoms with Gasteiger partial charge in [0.2, 0.25) is 0 Å². The molecule has 13 heavy (non-hydrogen) atoms. The minimum absolute atomic E-state index is 0.319. The number of nitriles is 1. The van der Waals surface area contributed by atoms with Crippen LogP contribution in [0.1, 0.15) is 34.6 Å². The van der Waals surface area contributed by atoms with Crippen LogP contribution in [0.25, 0.3) is 0 Å². The first-order chi connectivity index (χ1) is 5.83. The second-order valence-corrected chi connectivity index (χ2v) is 6.14. The lowest BCUT2D eigenvalue weighted by molar-refractivity contribution is 0.559. The Bertz CT molecular complexity index is 228. The highest BCUT2D eigenvalue weighted by molar-refractivity contribution is 8.24. The molecule has 1 unspecified atom stereocenters. The van der Waals surface area contributed by atoms with Crippen molar-refractivity contribution in [1.29, 1.82) is 5.26 Å². The smallest absolute Gasteiger partial charge is 0.107 e. The highest BCUT2D eigenvalue weighted by Crippen LogP contribution is 2.35. The van der Waals surface area contributed by atoms with Crippen LogP contribution in [0.15, 0.2) is 0 Å². The number of rotatable bonds is 3. The topological polar surface area (TPSA) is 23.8 Å². The van der Waals surface area contributed by atoms with E-state index in [0.717, 1.165) is 4.20 Å². The van der Waals surface area contributed by atoms with Crippen molar-refractivity contribution in [2.45, 2.75) is 39.4 Å². The molecule has 0 aliphatic carbocycles. The summed E-state index contributed by atoms with van der Waals surface area (Å²) in [4.78, 5) is 0. The van der Waals surface area contributed by atoms with Gasteiger partial charge in [-0.25, -0.2) is 0 Å². The average Bonchev–Trinajstić information content (AvgIpc) is 2.03. The Balaban J connectivity index is 4.48. The molecule has 0 saturated heterocycles. The van der Waals surface area contributed by atoms with Gasteiger partial charge in [0.1, 0.15) is 4.75 Å². The summed E-state index contributed by atoms with van der Waals surface area (Å²) >= 11 is 6.76. The van der Waals surface area contributed by atoms with E-state index in [1.807, 2.05) is 6.92 Å². The van der Waals surface area contributed by atoms with Gasteiger partial charge in [-0.15, -0.1) is 0 Å². The van der Waals surface area contributed by atoms with Crippen molar-refractivity contribution in [2.24, 2.45) is 11.8 Å². The minimum atomic E-state index is -0.374. The number of hydrogen-bond acceptors (Lipinski definition) is 3. The van der Waals surface area contributed by atoms with Gasteiger partial charge in [-0.2, -0.15) is 5.26 Å². The van der Waals surface area contributed by atoms with E-state index in [0.29, 0.717) is 11.8 Å². The predicted molar refractivity (Wildman–Crippen MR) is 63.9 cm³/mol. The molecule has 0 spiro atoms. The van der Waals surface area contributed by atoms with Crippen LogP contribution < -0.4 is 0 Å². The molecular formula is C10H17NS2. The third-order valence-electron chi connectivity index (χ3n) is 2.11. The van der Waals surface area contributed by atoms with E-state index < -0.39 is 0 Å². The van der Waals surface area contributed by atoms with E-state index in [1.165, 1.54) is 11.8 Å². The largest absolute Gasteiger partial charge is 0.197 e.